The number of hydrogen-bond acceptors (Lipinski definition) is 1. The lowest BCUT2D eigenvalue weighted by molar-refractivity contribution is 0.673. The van der Waals surface area contributed by atoms with Crippen molar-refractivity contribution in [1.29, 1.82) is 0 Å². The second kappa shape index (κ2) is 11.2. The maximum atomic E-state index is 7.03. The van der Waals surface area contributed by atoms with Gasteiger partial charge in [0.15, 0.2) is 0 Å². The van der Waals surface area contributed by atoms with Gasteiger partial charge in [0, 0.05) is 21.7 Å². The summed E-state index contributed by atoms with van der Waals surface area (Å²) in [6.07, 6.45) is 6.75. The minimum Gasteiger partial charge on any atom is -0.455 e. The van der Waals surface area contributed by atoms with Crippen LogP contribution in [0, 0.1) is 0 Å². The highest BCUT2D eigenvalue weighted by Gasteiger charge is 2.21. The van der Waals surface area contributed by atoms with Crippen LogP contribution in [0.5, 0.6) is 0 Å². The Labute approximate surface area is 285 Å². The van der Waals surface area contributed by atoms with E-state index in [1.165, 1.54) is 71.4 Å². The van der Waals surface area contributed by atoms with Gasteiger partial charge in [0.25, 0.3) is 0 Å². The summed E-state index contributed by atoms with van der Waals surface area (Å²) in [6, 6.07) is 57.2. The van der Waals surface area contributed by atoms with Crippen molar-refractivity contribution in [3.8, 4) is 44.5 Å². The molecule has 0 amide bonds. The quantitative estimate of drug-likeness (QED) is 0.178. The minimum absolute atomic E-state index is 0.937. The van der Waals surface area contributed by atoms with Gasteiger partial charge >= 0.3 is 0 Å². The van der Waals surface area contributed by atoms with Crippen molar-refractivity contribution >= 4 is 49.6 Å². The lowest BCUT2D eigenvalue weighted by atomic mass is 9.86. The number of hydrogen-bond donors (Lipinski definition) is 0. The number of aryl methyl sites for hydroxylation is 1. The molecule has 9 aromatic rings. The van der Waals surface area contributed by atoms with Gasteiger partial charge in [-0.2, -0.15) is 0 Å². The summed E-state index contributed by atoms with van der Waals surface area (Å²) in [4.78, 5) is 0. The first kappa shape index (κ1) is 27.9. The van der Waals surface area contributed by atoms with E-state index < -0.39 is 0 Å². The Bertz CT molecular complexity index is 2690. The SMILES string of the molecule is C1=Cc2c(c3ccccc3c3ccc4c5cccc(-c6cccc(-c7cc(-c8ccccc8)cc(-c8ccccc8)c7)c6)c5oc4c23)CC1. The molecule has 0 N–H and O–H groups in total. The van der Waals surface area contributed by atoms with E-state index in [1.54, 1.807) is 0 Å². The van der Waals surface area contributed by atoms with E-state index in [0.29, 0.717) is 0 Å². The second-order valence-electron chi connectivity index (χ2n) is 13.1. The molecule has 0 bridgehead atoms. The van der Waals surface area contributed by atoms with Crippen LogP contribution in [-0.2, 0) is 6.42 Å². The topological polar surface area (TPSA) is 13.1 Å². The highest BCUT2D eigenvalue weighted by atomic mass is 16.3. The lowest BCUT2D eigenvalue weighted by Crippen LogP contribution is -1.97. The van der Waals surface area contributed by atoms with Gasteiger partial charge in [-0.15, -0.1) is 0 Å². The highest BCUT2D eigenvalue weighted by Crippen LogP contribution is 2.44. The van der Waals surface area contributed by atoms with Gasteiger partial charge in [-0.1, -0.05) is 140 Å². The molecule has 230 valence electrons. The summed E-state index contributed by atoms with van der Waals surface area (Å²) >= 11 is 0. The van der Waals surface area contributed by atoms with E-state index in [9.17, 15) is 0 Å². The molecule has 1 nitrogen and oxygen atoms in total. The van der Waals surface area contributed by atoms with Gasteiger partial charge in [0.2, 0.25) is 0 Å². The summed E-state index contributed by atoms with van der Waals surface area (Å²) in [5.74, 6) is 0. The van der Waals surface area contributed by atoms with Crippen LogP contribution in [0.4, 0.5) is 0 Å². The zero-order valence-electron chi connectivity index (χ0n) is 27.0. The normalized spacial score (nSPS) is 12.7. The summed E-state index contributed by atoms with van der Waals surface area (Å²) < 4.78 is 7.03. The van der Waals surface area contributed by atoms with Crippen molar-refractivity contribution < 1.29 is 4.42 Å². The molecule has 0 radical (unpaired) electrons. The fourth-order valence-corrected chi connectivity index (χ4v) is 8.00. The number of para-hydroxylation sites is 1. The van der Waals surface area contributed by atoms with Crippen molar-refractivity contribution in [2.75, 3.05) is 0 Å². The third kappa shape index (κ3) is 4.54. The van der Waals surface area contributed by atoms with E-state index in [2.05, 4.69) is 170 Å². The zero-order chi connectivity index (χ0) is 32.3. The van der Waals surface area contributed by atoms with E-state index in [0.717, 1.165) is 40.5 Å². The molecule has 0 saturated heterocycles. The molecule has 0 fully saturated rings. The van der Waals surface area contributed by atoms with Gasteiger partial charge in [-0.05, 0) is 109 Å². The summed E-state index contributed by atoms with van der Waals surface area (Å²) in [5.41, 5.74) is 14.1. The Hall–Kier alpha value is -6.18. The van der Waals surface area contributed by atoms with E-state index in [-0.39, 0.29) is 0 Å². The van der Waals surface area contributed by atoms with E-state index in [1.807, 2.05) is 0 Å². The van der Waals surface area contributed by atoms with Crippen molar-refractivity contribution in [2.45, 2.75) is 12.8 Å². The number of fused-ring (bicyclic) bond motifs is 10. The standard InChI is InChI=1S/C48H32O/c1-3-13-31(14-4-1)35-28-36(32-15-5-2-6-16-32)30-37(29-35)33-17-11-18-34(27-33)38-23-12-24-44-45-26-25-43-41-21-8-7-19-39(41)40-20-9-10-22-42(40)46(43)48(45)49-47(38)44/h1-8,10-19,21-30H,9,20H2. The van der Waals surface area contributed by atoms with Crippen LogP contribution in [0.15, 0.2) is 168 Å². The van der Waals surface area contributed by atoms with Gasteiger partial charge in [0.05, 0.1) is 0 Å². The molecule has 0 unspecified atom stereocenters. The van der Waals surface area contributed by atoms with Crippen LogP contribution in [0.25, 0.3) is 94.1 Å². The Kier molecular flexibility index (Phi) is 6.38. The van der Waals surface area contributed by atoms with Crippen LogP contribution in [0.3, 0.4) is 0 Å². The van der Waals surface area contributed by atoms with Gasteiger partial charge in [-0.25, -0.2) is 0 Å². The van der Waals surface area contributed by atoms with Crippen molar-refractivity contribution in [3.05, 3.63) is 175 Å². The van der Waals surface area contributed by atoms with Gasteiger partial charge in [-0.3, -0.25) is 0 Å². The molecular weight excluding hydrogens is 593 g/mol. The monoisotopic (exact) mass is 624 g/mol. The Morgan fingerprint density at radius 2 is 0.939 bits per heavy atom. The first-order chi connectivity index (χ1) is 24.3. The largest absolute Gasteiger partial charge is 0.455 e. The molecule has 0 spiro atoms. The number of benzene rings is 8. The lowest BCUT2D eigenvalue weighted by Gasteiger charge is -2.18. The maximum absolute atomic E-state index is 7.03. The third-order valence-corrected chi connectivity index (χ3v) is 10.3. The molecule has 10 rings (SSSR count). The summed E-state index contributed by atoms with van der Waals surface area (Å²) in [7, 11) is 0. The predicted molar refractivity (Wildman–Crippen MR) is 208 cm³/mol. The fourth-order valence-electron chi connectivity index (χ4n) is 8.00. The predicted octanol–water partition coefficient (Wildman–Crippen LogP) is 13.5. The molecule has 1 aliphatic rings. The van der Waals surface area contributed by atoms with Crippen molar-refractivity contribution in [3.63, 3.8) is 0 Å². The molecule has 0 atom stereocenters. The number of furan rings is 1. The highest BCUT2D eigenvalue weighted by molar-refractivity contribution is 6.24. The summed E-state index contributed by atoms with van der Waals surface area (Å²) in [5, 5.41) is 7.45. The second-order valence-corrected chi connectivity index (χ2v) is 13.1. The number of rotatable bonds is 4. The van der Waals surface area contributed by atoms with Crippen LogP contribution in [0.2, 0.25) is 0 Å². The molecule has 1 heteroatoms. The van der Waals surface area contributed by atoms with Crippen molar-refractivity contribution in [1.82, 2.24) is 0 Å². The van der Waals surface area contributed by atoms with Gasteiger partial charge < -0.3 is 4.42 Å². The summed E-state index contributed by atoms with van der Waals surface area (Å²) in [6.45, 7) is 0. The molecule has 1 aromatic heterocycles. The first-order valence-electron chi connectivity index (χ1n) is 17.1. The Morgan fingerprint density at radius 1 is 0.388 bits per heavy atom. The molecule has 0 saturated carbocycles. The number of allylic oxidation sites excluding steroid dienone is 1. The van der Waals surface area contributed by atoms with Crippen LogP contribution in [-0.4, -0.2) is 0 Å². The average Bonchev–Trinajstić information content (AvgIpc) is 3.58. The van der Waals surface area contributed by atoms with E-state index >= 15 is 0 Å². The smallest absolute Gasteiger partial charge is 0.143 e. The fraction of sp³-hybridized carbons (Fsp3) is 0.0417. The Balaban J connectivity index is 1.17. The minimum atomic E-state index is 0.937. The van der Waals surface area contributed by atoms with Crippen LogP contribution < -0.4 is 0 Å². The van der Waals surface area contributed by atoms with Crippen LogP contribution in [0.1, 0.15) is 17.5 Å². The van der Waals surface area contributed by atoms with Gasteiger partial charge in [0.1, 0.15) is 11.2 Å². The molecule has 49 heavy (non-hydrogen) atoms. The molecule has 8 aromatic carbocycles. The molecule has 1 heterocycles. The van der Waals surface area contributed by atoms with E-state index in [4.69, 9.17) is 4.42 Å². The molecular formula is C48H32O. The third-order valence-electron chi connectivity index (χ3n) is 10.3. The van der Waals surface area contributed by atoms with Crippen molar-refractivity contribution in [2.24, 2.45) is 0 Å². The zero-order valence-corrected chi connectivity index (χ0v) is 27.0. The first-order valence-corrected chi connectivity index (χ1v) is 17.1. The maximum Gasteiger partial charge on any atom is 0.143 e. The Morgan fingerprint density at radius 3 is 1.69 bits per heavy atom. The average molecular weight is 625 g/mol. The molecule has 0 aliphatic heterocycles. The molecule has 1 aliphatic carbocycles. The van der Waals surface area contributed by atoms with Crippen LogP contribution >= 0.6 is 0 Å².